The highest BCUT2D eigenvalue weighted by atomic mass is 16.6. The molecular weight excluding hydrogens is 432 g/mol. The maximum Gasteiger partial charge on any atom is 0.269 e. The highest BCUT2D eigenvalue weighted by Crippen LogP contribution is 2.20. The fraction of sp³-hybridized carbons (Fsp3) is 0.0909. The lowest BCUT2D eigenvalue weighted by Gasteiger charge is -2.21. The smallest absolute Gasteiger partial charge is 0.269 e. The SMILES string of the molecule is COc1cccc(C(NC(=O)c2ccc([N+](=O)[O-])cc2)NC(=O)c2ccc([N+](=O)[O-])cc2)c1. The van der Waals surface area contributed by atoms with Gasteiger partial charge in [0.1, 0.15) is 11.9 Å². The Morgan fingerprint density at radius 3 is 1.64 bits per heavy atom. The van der Waals surface area contributed by atoms with E-state index in [4.69, 9.17) is 4.74 Å². The highest BCUT2D eigenvalue weighted by Gasteiger charge is 2.20. The number of nitrogens with one attached hydrogen (secondary N) is 2. The van der Waals surface area contributed by atoms with Crippen LogP contribution in [0.5, 0.6) is 5.75 Å². The van der Waals surface area contributed by atoms with Crippen LogP contribution in [0.3, 0.4) is 0 Å². The van der Waals surface area contributed by atoms with Crippen LogP contribution in [0.1, 0.15) is 32.4 Å². The minimum absolute atomic E-state index is 0.151. The molecule has 0 radical (unpaired) electrons. The van der Waals surface area contributed by atoms with Crippen molar-refractivity contribution in [3.05, 3.63) is 110 Å². The molecular formula is C22H18N4O7. The fourth-order valence-electron chi connectivity index (χ4n) is 2.92. The third-order valence-electron chi connectivity index (χ3n) is 4.66. The van der Waals surface area contributed by atoms with E-state index in [0.29, 0.717) is 11.3 Å². The number of nitrogens with zero attached hydrogens (tertiary/aromatic N) is 2. The molecule has 2 N–H and O–H groups in total. The van der Waals surface area contributed by atoms with Crippen LogP contribution in [-0.4, -0.2) is 28.8 Å². The van der Waals surface area contributed by atoms with Crippen molar-refractivity contribution < 1.29 is 24.2 Å². The monoisotopic (exact) mass is 450 g/mol. The zero-order valence-corrected chi connectivity index (χ0v) is 17.3. The zero-order valence-electron chi connectivity index (χ0n) is 17.3. The lowest BCUT2D eigenvalue weighted by atomic mass is 10.1. The van der Waals surface area contributed by atoms with Crippen molar-refractivity contribution in [3.8, 4) is 5.75 Å². The average molecular weight is 450 g/mol. The van der Waals surface area contributed by atoms with Crippen LogP contribution in [-0.2, 0) is 0 Å². The van der Waals surface area contributed by atoms with Gasteiger partial charge in [-0.2, -0.15) is 0 Å². The van der Waals surface area contributed by atoms with Gasteiger partial charge in [0.15, 0.2) is 0 Å². The number of nitro benzene ring substituents is 2. The van der Waals surface area contributed by atoms with Crippen LogP contribution in [0.4, 0.5) is 11.4 Å². The van der Waals surface area contributed by atoms with Crippen molar-refractivity contribution in [2.75, 3.05) is 7.11 Å². The maximum atomic E-state index is 12.8. The molecule has 0 aliphatic rings. The number of amides is 2. The fourth-order valence-corrected chi connectivity index (χ4v) is 2.92. The summed E-state index contributed by atoms with van der Waals surface area (Å²) in [5, 5.41) is 27.0. The lowest BCUT2D eigenvalue weighted by Crippen LogP contribution is -2.41. The quantitative estimate of drug-likeness (QED) is 0.303. The Balaban J connectivity index is 1.85. The summed E-state index contributed by atoms with van der Waals surface area (Å²) in [5.74, 6) is -0.671. The summed E-state index contributed by atoms with van der Waals surface area (Å²) in [6.07, 6.45) is -0.995. The summed E-state index contributed by atoms with van der Waals surface area (Å²) in [5.41, 5.74) is 0.473. The van der Waals surface area contributed by atoms with E-state index in [1.54, 1.807) is 24.3 Å². The van der Waals surface area contributed by atoms with Gasteiger partial charge >= 0.3 is 0 Å². The molecule has 0 unspecified atom stereocenters. The number of nitro groups is 2. The predicted molar refractivity (Wildman–Crippen MR) is 117 cm³/mol. The average Bonchev–Trinajstić information content (AvgIpc) is 2.83. The summed E-state index contributed by atoms with van der Waals surface area (Å²) in [7, 11) is 1.47. The topological polar surface area (TPSA) is 154 Å². The zero-order chi connectivity index (χ0) is 24.0. The summed E-state index contributed by atoms with van der Waals surface area (Å²) < 4.78 is 5.20. The molecule has 0 saturated heterocycles. The summed E-state index contributed by atoms with van der Waals surface area (Å²) in [6.45, 7) is 0. The van der Waals surface area contributed by atoms with Gasteiger partial charge in [0.25, 0.3) is 23.2 Å². The Labute approximate surface area is 187 Å². The van der Waals surface area contributed by atoms with E-state index in [2.05, 4.69) is 10.6 Å². The molecule has 11 nitrogen and oxygen atoms in total. The van der Waals surface area contributed by atoms with Crippen molar-refractivity contribution in [2.24, 2.45) is 0 Å². The van der Waals surface area contributed by atoms with Gasteiger partial charge in [0.2, 0.25) is 0 Å². The summed E-state index contributed by atoms with van der Waals surface area (Å²) >= 11 is 0. The maximum absolute atomic E-state index is 12.8. The van der Waals surface area contributed by atoms with E-state index in [9.17, 15) is 29.8 Å². The van der Waals surface area contributed by atoms with Crippen molar-refractivity contribution in [1.82, 2.24) is 10.6 Å². The molecule has 0 aromatic heterocycles. The van der Waals surface area contributed by atoms with E-state index >= 15 is 0 Å². The molecule has 0 aliphatic heterocycles. The third-order valence-corrected chi connectivity index (χ3v) is 4.66. The molecule has 3 aromatic rings. The highest BCUT2D eigenvalue weighted by molar-refractivity contribution is 5.97. The van der Waals surface area contributed by atoms with Crippen molar-refractivity contribution >= 4 is 23.2 Å². The second kappa shape index (κ2) is 10.0. The van der Waals surface area contributed by atoms with Crippen molar-refractivity contribution in [3.63, 3.8) is 0 Å². The molecule has 0 aliphatic carbocycles. The number of hydrogen-bond donors (Lipinski definition) is 2. The van der Waals surface area contributed by atoms with E-state index in [-0.39, 0.29) is 22.5 Å². The first-order valence-electron chi connectivity index (χ1n) is 9.53. The first-order valence-corrected chi connectivity index (χ1v) is 9.53. The Kier molecular flexibility index (Phi) is 6.94. The number of carbonyl (C=O) groups is 2. The second-order valence-corrected chi connectivity index (χ2v) is 6.76. The minimum atomic E-state index is -0.995. The standard InChI is InChI=1S/C22H18N4O7/c1-33-19-4-2-3-16(13-19)20(23-21(27)14-5-9-17(10-6-14)25(29)30)24-22(28)15-7-11-18(12-8-15)26(31)32/h2-13,20H,1H3,(H,23,27)(H,24,28). The molecule has 3 rings (SSSR count). The first kappa shape index (κ1) is 22.9. The Morgan fingerprint density at radius 1 is 0.788 bits per heavy atom. The number of carbonyl (C=O) groups excluding carboxylic acids is 2. The summed E-state index contributed by atoms with van der Waals surface area (Å²) in [6, 6.07) is 16.7. The molecule has 0 saturated carbocycles. The van der Waals surface area contributed by atoms with Crippen LogP contribution in [0, 0.1) is 20.2 Å². The van der Waals surface area contributed by atoms with Crippen LogP contribution in [0.2, 0.25) is 0 Å². The van der Waals surface area contributed by atoms with Gasteiger partial charge in [-0.25, -0.2) is 0 Å². The number of ether oxygens (including phenoxy) is 1. The predicted octanol–water partition coefficient (Wildman–Crippen LogP) is 3.37. The normalized spacial score (nSPS) is 10.4. The Bertz CT molecular complexity index is 1120. The Morgan fingerprint density at radius 2 is 1.24 bits per heavy atom. The van der Waals surface area contributed by atoms with Gasteiger partial charge in [-0.1, -0.05) is 12.1 Å². The molecule has 0 fully saturated rings. The second-order valence-electron chi connectivity index (χ2n) is 6.76. The summed E-state index contributed by atoms with van der Waals surface area (Å²) in [4.78, 5) is 46.0. The molecule has 0 spiro atoms. The largest absolute Gasteiger partial charge is 0.497 e. The molecule has 33 heavy (non-hydrogen) atoms. The van der Waals surface area contributed by atoms with E-state index < -0.39 is 27.8 Å². The van der Waals surface area contributed by atoms with Gasteiger partial charge in [0, 0.05) is 35.4 Å². The third kappa shape index (κ3) is 5.67. The molecule has 0 heterocycles. The van der Waals surface area contributed by atoms with Crippen LogP contribution in [0.25, 0.3) is 0 Å². The number of methoxy groups -OCH3 is 1. The van der Waals surface area contributed by atoms with Gasteiger partial charge < -0.3 is 15.4 Å². The van der Waals surface area contributed by atoms with Crippen LogP contribution < -0.4 is 15.4 Å². The van der Waals surface area contributed by atoms with E-state index in [1.165, 1.54) is 55.6 Å². The van der Waals surface area contributed by atoms with Crippen LogP contribution >= 0.6 is 0 Å². The minimum Gasteiger partial charge on any atom is -0.497 e. The molecule has 3 aromatic carbocycles. The lowest BCUT2D eigenvalue weighted by molar-refractivity contribution is -0.385. The van der Waals surface area contributed by atoms with Crippen molar-refractivity contribution in [1.29, 1.82) is 0 Å². The van der Waals surface area contributed by atoms with Gasteiger partial charge in [-0.3, -0.25) is 29.8 Å². The molecule has 0 atom stereocenters. The van der Waals surface area contributed by atoms with Gasteiger partial charge in [-0.05, 0) is 42.0 Å². The molecule has 0 bridgehead atoms. The van der Waals surface area contributed by atoms with Gasteiger partial charge in [0.05, 0.1) is 17.0 Å². The van der Waals surface area contributed by atoms with Crippen LogP contribution in [0.15, 0.2) is 72.8 Å². The number of benzene rings is 3. The Hall–Kier alpha value is -4.80. The van der Waals surface area contributed by atoms with Gasteiger partial charge in [-0.15, -0.1) is 0 Å². The van der Waals surface area contributed by atoms with Crippen molar-refractivity contribution in [2.45, 2.75) is 6.17 Å². The number of non-ortho nitro benzene ring substituents is 2. The molecule has 2 amide bonds. The molecule has 11 heteroatoms. The molecule has 168 valence electrons. The van der Waals surface area contributed by atoms with E-state index in [1.807, 2.05) is 0 Å². The number of hydrogen-bond acceptors (Lipinski definition) is 7. The first-order chi connectivity index (χ1) is 15.8. The van der Waals surface area contributed by atoms with E-state index in [0.717, 1.165) is 0 Å². The number of rotatable bonds is 8.